The second-order valence-electron chi connectivity index (χ2n) is 8.45. The Morgan fingerprint density at radius 3 is 2.73 bits per heavy atom. The van der Waals surface area contributed by atoms with E-state index in [0.29, 0.717) is 19.6 Å². The molecule has 0 saturated carbocycles. The van der Waals surface area contributed by atoms with E-state index < -0.39 is 0 Å². The third kappa shape index (κ3) is 5.33. The topological polar surface area (TPSA) is 50.8 Å². The standard InChI is InChI=1S/C25H32N2O3/c1-29-23-7-8-24-21(17-23)16-22(18-30-24)25(28)26-11-14-27-12-9-20(10-13-27)15-19-5-3-2-4-6-19/h2-8,17,20,22H,9-16,18H2,1H3,(H,26,28)/t22-/m1/s1. The Bertz CT molecular complexity index is 832. The summed E-state index contributed by atoms with van der Waals surface area (Å²) in [4.78, 5) is 15.1. The number of hydrogen-bond donors (Lipinski definition) is 1. The molecule has 1 fully saturated rings. The molecule has 5 nitrogen and oxygen atoms in total. The first kappa shape index (κ1) is 20.7. The number of hydrogen-bond acceptors (Lipinski definition) is 4. The van der Waals surface area contributed by atoms with Crippen molar-refractivity contribution < 1.29 is 14.3 Å². The lowest BCUT2D eigenvalue weighted by molar-refractivity contribution is -0.126. The molecule has 1 amide bonds. The maximum atomic E-state index is 12.6. The highest BCUT2D eigenvalue weighted by Crippen LogP contribution is 2.30. The lowest BCUT2D eigenvalue weighted by Crippen LogP contribution is -2.43. The first-order chi connectivity index (χ1) is 14.7. The Labute approximate surface area is 179 Å². The Balaban J connectivity index is 1.17. The number of fused-ring (bicyclic) bond motifs is 1. The summed E-state index contributed by atoms with van der Waals surface area (Å²) in [6.45, 7) is 4.29. The molecule has 1 atom stereocenters. The van der Waals surface area contributed by atoms with Crippen molar-refractivity contribution in [1.82, 2.24) is 10.2 Å². The third-order valence-corrected chi connectivity index (χ3v) is 6.35. The number of methoxy groups -OCH3 is 1. The third-order valence-electron chi connectivity index (χ3n) is 6.35. The molecule has 30 heavy (non-hydrogen) atoms. The van der Waals surface area contributed by atoms with Crippen molar-refractivity contribution in [2.45, 2.75) is 25.7 Å². The maximum Gasteiger partial charge on any atom is 0.226 e. The lowest BCUT2D eigenvalue weighted by atomic mass is 9.90. The first-order valence-electron chi connectivity index (χ1n) is 11.0. The number of piperidine rings is 1. The minimum absolute atomic E-state index is 0.0856. The quantitative estimate of drug-likeness (QED) is 0.764. The van der Waals surface area contributed by atoms with E-state index in [4.69, 9.17) is 9.47 Å². The summed E-state index contributed by atoms with van der Waals surface area (Å²) in [5.41, 5.74) is 2.48. The minimum atomic E-state index is -0.138. The fourth-order valence-corrected chi connectivity index (χ4v) is 4.51. The van der Waals surface area contributed by atoms with Crippen molar-refractivity contribution in [2.24, 2.45) is 11.8 Å². The Kier molecular flexibility index (Phi) is 6.90. The summed E-state index contributed by atoms with van der Waals surface area (Å²) >= 11 is 0. The fourth-order valence-electron chi connectivity index (χ4n) is 4.51. The van der Waals surface area contributed by atoms with Crippen molar-refractivity contribution in [3.63, 3.8) is 0 Å². The van der Waals surface area contributed by atoms with Gasteiger partial charge in [0.05, 0.1) is 13.0 Å². The smallest absolute Gasteiger partial charge is 0.226 e. The molecule has 2 aliphatic heterocycles. The summed E-state index contributed by atoms with van der Waals surface area (Å²) in [6.07, 6.45) is 4.35. The fraction of sp³-hybridized carbons (Fsp3) is 0.480. The predicted molar refractivity (Wildman–Crippen MR) is 118 cm³/mol. The molecule has 0 spiro atoms. The second-order valence-corrected chi connectivity index (χ2v) is 8.45. The monoisotopic (exact) mass is 408 g/mol. The van der Waals surface area contributed by atoms with E-state index >= 15 is 0 Å². The molecular weight excluding hydrogens is 376 g/mol. The van der Waals surface area contributed by atoms with E-state index in [1.165, 1.54) is 24.8 Å². The zero-order chi connectivity index (χ0) is 20.8. The van der Waals surface area contributed by atoms with E-state index in [1.54, 1.807) is 7.11 Å². The molecule has 1 saturated heterocycles. The number of carbonyl (C=O) groups is 1. The molecule has 2 aliphatic rings. The van der Waals surface area contributed by atoms with Gasteiger partial charge >= 0.3 is 0 Å². The SMILES string of the molecule is COc1ccc2c(c1)C[C@@H](C(=O)NCCN1CCC(Cc3ccccc3)CC1)CO2. The highest BCUT2D eigenvalue weighted by molar-refractivity contribution is 5.79. The minimum Gasteiger partial charge on any atom is -0.497 e. The van der Waals surface area contributed by atoms with Gasteiger partial charge in [-0.1, -0.05) is 30.3 Å². The van der Waals surface area contributed by atoms with Gasteiger partial charge < -0.3 is 19.7 Å². The van der Waals surface area contributed by atoms with Crippen molar-refractivity contribution in [1.29, 1.82) is 0 Å². The van der Waals surface area contributed by atoms with Crippen LogP contribution in [0.5, 0.6) is 11.5 Å². The van der Waals surface area contributed by atoms with Gasteiger partial charge in [-0.3, -0.25) is 4.79 Å². The van der Waals surface area contributed by atoms with Crippen LogP contribution in [0.15, 0.2) is 48.5 Å². The Morgan fingerprint density at radius 2 is 1.97 bits per heavy atom. The van der Waals surface area contributed by atoms with Gasteiger partial charge in [0, 0.05) is 13.1 Å². The van der Waals surface area contributed by atoms with Crippen molar-refractivity contribution in [3.05, 3.63) is 59.7 Å². The number of nitrogens with one attached hydrogen (secondary N) is 1. The van der Waals surface area contributed by atoms with Crippen LogP contribution in [0.1, 0.15) is 24.0 Å². The number of rotatable bonds is 7. The van der Waals surface area contributed by atoms with Crippen LogP contribution >= 0.6 is 0 Å². The van der Waals surface area contributed by atoms with Crippen LogP contribution in [-0.4, -0.2) is 50.7 Å². The molecular formula is C25H32N2O3. The normalized spacial score (nSPS) is 19.6. The van der Waals surface area contributed by atoms with Crippen LogP contribution in [-0.2, 0) is 17.6 Å². The molecule has 0 bridgehead atoms. The molecule has 0 radical (unpaired) electrons. The van der Waals surface area contributed by atoms with Crippen molar-refractivity contribution in [3.8, 4) is 11.5 Å². The Hall–Kier alpha value is -2.53. The van der Waals surface area contributed by atoms with E-state index in [2.05, 4.69) is 40.5 Å². The van der Waals surface area contributed by atoms with Gasteiger partial charge in [-0.25, -0.2) is 0 Å². The van der Waals surface area contributed by atoms with Crippen LogP contribution in [0.4, 0.5) is 0 Å². The van der Waals surface area contributed by atoms with Gasteiger partial charge in [0.25, 0.3) is 0 Å². The number of ether oxygens (including phenoxy) is 2. The average molecular weight is 409 g/mol. The molecule has 0 aliphatic carbocycles. The molecule has 2 heterocycles. The van der Waals surface area contributed by atoms with E-state index in [9.17, 15) is 4.79 Å². The first-order valence-corrected chi connectivity index (χ1v) is 11.0. The van der Waals surface area contributed by atoms with Gasteiger partial charge in [0.15, 0.2) is 0 Å². The molecule has 5 heteroatoms. The summed E-state index contributed by atoms with van der Waals surface area (Å²) in [7, 11) is 1.65. The molecule has 0 aromatic heterocycles. The number of carbonyl (C=O) groups excluding carboxylic acids is 1. The summed E-state index contributed by atoms with van der Waals surface area (Å²) in [5.74, 6) is 2.38. The number of likely N-dealkylation sites (tertiary alicyclic amines) is 1. The van der Waals surface area contributed by atoms with Gasteiger partial charge in [0.1, 0.15) is 18.1 Å². The van der Waals surface area contributed by atoms with E-state index in [-0.39, 0.29) is 11.8 Å². The molecule has 160 valence electrons. The predicted octanol–water partition coefficient (Wildman–Crippen LogP) is 3.32. The van der Waals surface area contributed by atoms with E-state index in [1.807, 2.05) is 18.2 Å². The van der Waals surface area contributed by atoms with Gasteiger partial charge in [0.2, 0.25) is 5.91 Å². The summed E-state index contributed by atoms with van der Waals surface area (Å²) < 4.78 is 11.1. The summed E-state index contributed by atoms with van der Waals surface area (Å²) in [5, 5.41) is 3.12. The summed E-state index contributed by atoms with van der Waals surface area (Å²) in [6, 6.07) is 16.6. The van der Waals surface area contributed by atoms with Crippen LogP contribution < -0.4 is 14.8 Å². The molecule has 0 unspecified atom stereocenters. The average Bonchev–Trinajstić information content (AvgIpc) is 2.80. The number of benzene rings is 2. The van der Waals surface area contributed by atoms with Crippen LogP contribution in [0.25, 0.3) is 0 Å². The van der Waals surface area contributed by atoms with Crippen LogP contribution in [0.3, 0.4) is 0 Å². The van der Waals surface area contributed by atoms with Gasteiger partial charge in [-0.15, -0.1) is 0 Å². The highest BCUT2D eigenvalue weighted by Gasteiger charge is 2.26. The Morgan fingerprint density at radius 1 is 1.17 bits per heavy atom. The van der Waals surface area contributed by atoms with Gasteiger partial charge in [-0.2, -0.15) is 0 Å². The van der Waals surface area contributed by atoms with Gasteiger partial charge in [-0.05, 0) is 74.0 Å². The largest absolute Gasteiger partial charge is 0.497 e. The second kappa shape index (κ2) is 9.98. The molecule has 2 aromatic carbocycles. The van der Waals surface area contributed by atoms with Crippen LogP contribution in [0, 0.1) is 11.8 Å². The number of amides is 1. The van der Waals surface area contributed by atoms with E-state index in [0.717, 1.165) is 42.6 Å². The molecule has 1 N–H and O–H groups in total. The lowest BCUT2D eigenvalue weighted by Gasteiger charge is -2.32. The zero-order valence-electron chi connectivity index (χ0n) is 17.8. The molecule has 2 aromatic rings. The van der Waals surface area contributed by atoms with Crippen molar-refractivity contribution >= 4 is 5.91 Å². The van der Waals surface area contributed by atoms with Crippen molar-refractivity contribution in [2.75, 3.05) is 39.9 Å². The number of nitrogens with zero attached hydrogens (tertiary/aromatic N) is 1. The molecule has 4 rings (SSSR count). The highest BCUT2D eigenvalue weighted by atomic mass is 16.5. The van der Waals surface area contributed by atoms with Crippen LogP contribution in [0.2, 0.25) is 0 Å². The maximum absolute atomic E-state index is 12.6. The zero-order valence-corrected chi connectivity index (χ0v) is 17.8.